The molecule has 0 fully saturated rings. The zero-order chi connectivity index (χ0) is 18.2. The molecule has 7 heteroatoms. The van der Waals surface area contributed by atoms with Crippen LogP contribution in [-0.2, 0) is 11.2 Å². The molecule has 2 aromatic rings. The summed E-state index contributed by atoms with van der Waals surface area (Å²) in [4.78, 5) is 10.6. The van der Waals surface area contributed by atoms with Crippen LogP contribution >= 0.6 is 23.2 Å². The molecular formula is C18H18Cl2O5. The lowest BCUT2D eigenvalue weighted by Gasteiger charge is -2.13. The number of methoxy groups -OCH3 is 1. The monoisotopic (exact) mass is 384 g/mol. The van der Waals surface area contributed by atoms with Crippen LogP contribution in [0.15, 0.2) is 36.4 Å². The van der Waals surface area contributed by atoms with Gasteiger partial charge in [-0.1, -0.05) is 29.3 Å². The Hall–Kier alpha value is -2.11. The predicted molar refractivity (Wildman–Crippen MR) is 96.4 cm³/mol. The first kappa shape index (κ1) is 19.2. The van der Waals surface area contributed by atoms with Gasteiger partial charge in [0.25, 0.3) is 0 Å². The molecule has 0 saturated heterocycles. The molecule has 0 bridgehead atoms. The van der Waals surface area contributed by atoms with E-state index in [2.05, 4.69) is 0 Å². The fraction of sp³-hybridized carbons (Fsp3) is 0.278. The Morgan fingerprint density at radius 3 is 2.32 bits per heavy atom. The van der Waals surface area contributed by atoms with Gasteiger partial charge < -0.3 is 19.3 Å². The van der Waals surface area contributed by atoms with Crippen molar-refractivity contribution < 1.29 is 24.1 Å². The molecule has 1 N–H and O–H groups in total. The van der Waals surface area contributed by atoms with Crippen LogP contribution < -0.4 is 14.2 Å². The van der Waals surface area contributed by atoms with E-state index >= 15 is 0 Å². The minimum Gasteiger partial charge on any atom is -0.493 e. The second-order valence-electron chi connectivity index (χ2n) is 5.15. The average molecular weight is 385 g/mol. The predicted octanol–water partition coefficient (Wildman–Crippen LogP) is 4.48. The Morgan fingerprint density at radius 1 is 1.00 bits per heavy atom. The molecule has 0 amide bonds. The number of benzene rings is 2. The van der Waals surface area contributed by atoms with E-state index in [0.29, 0.717) is 46.9 Å². The molecule has 0 unspecified atom stereocenters. The highest BCUT2D eigenvalue weighted by Crippen LogP contribution is 2.29. The highest BCUT2D eigenvalue weighted by atomic mass is 35.5. The first-order valence-corrected chi connectivity index (χ1v) is 8.34. The Morgan fingerprint density at radius 2 is 1.68 bits per heavy atom. The fourth-order valence-corrected chi connectivity index (χ4v) is 2.60. The number of rotatable bonds is 9. The van der Waals surface area contributed by atoms with Crippen molar-refractivity contribution in [2.75, 3.05) is 20.3 Å². The topological polar surface area (TPSA) is 65.0 Å². The third kappa shape index (κ3) is 6.03. The van der Waals surface area contributed by atoms with Crippen molar-refractivity contribution >= 4 is 29.2 Å². The summed E-state index contributed by atoms with van der Waals surface area (Å²) in [5.41, 5.74) is 0.871. The lowest BCUT2D eigenvalue weighted by atomic mass is 10.1. The molecule has 0 spiro atoms. The summed E-state index contributed by atoms with van der Waals surface area (Å²) in [7, 11) is 1.53. The summed E-state index contributed by atoms with van der Waals surface area (Å²) >= 11 is 11.9. The molecule has 0 aliphatic carbocycles. The largest absolute Gasteiger partial charge is 0.493 e. The van der Waals surface area contributed by atoms with E-state index < -0.39 is 5.97 Å². The molecule has 2 rings (SSSR count). The number of aryl methyl sites for hydroxylation is 1. The summed E-state index contributed by atoms with van der Waals surface area (Å²) in [6.07, 6.45) is 0.503. The van der Waals surface area contributed by atoms with Gasteiger partial charge in [0.1, 0.15) is 19.0 Å². The number of carboxylic acid groups (broad SMARTS) is 1. The SMILES string of the molecule is COc1cc(CCC(=O)O)ccc1OCCOc1ccc(Cl)cc1Cl. The van der Waals surface area contributed by atoms with Crippen LogP contribution in [0.1, 0.15) is 12.0 Å². The minimum atomic E-state index is -0.836. The van der Waals surface area contributed by atoms with Gasteiger partial charge in [-0.15, -0.1) is 0 Å². The van der Waals surface area contributed by atoms with Gasteiger partial charge in [0.05, 0.1) is 12.1 Å². The second-order valence-corrected chi connectivity index (χ2v) is 5.99. The molecule has 0 aromatic heterocycles. The van der Waals surface area contributed by atoms with Gasteiger partial charge in [0.15, 0.2) is 11.5 Å². The standard InChI is InChI=1S/C18H18Cl2O5/c1-23-17-10-12(3-7-18(21)22)2-5-16(17)25-9-8-24-15-6-4-13(19)11-14(15)20/h2,4-6,10-11H,3,7-9H2,1H3,(H,21,22). The first-order chi connectivity index (χ1) is 12.0. The van der Waals surface area contributed by atoms with E-state index in [1.165, 1.54) is 7.11 Å². The molecular weight excluding hydrogens is 367 g/mol. The van der Waals surface area contributed by atoms with E-state index in [1.807, 2.05) is 6.07 Å². The minimum absolute atomic E-state index is 0.0685. The number of hydrogen-bond acceptors (Lipinski definition) is 4. The van der Waals surface area contributed by atoms with E-state index in [-0.39, 0.29) is 6.42 Å². The third-order valence-electron chi connectivity index (χ3n) is 3.35. The Bertz CT molecular complexity index is 733. The summed E-state index contributed by atoms with van der Waals surface area (Å²) in [5, 5.41) is 9.72. The molecule has 0 atom stereocenters. The highest BCUT2D eigenvalue weighted by Gasteiger charge is 2.08. The van der Waals surface area contributed by atoms with Gasteiger partial charge >= 0.3 is 5.97 Å². The van der Waals surface area contributed by atoms with Gasteiger partial charge in [0, 0.05) is 11.4 Å². The first-order valence-electron chi connectivity index (χ1n) is 7.59. The molecule has 2 aromatic carbocycles. The van der Waals surface area contributed by atoms with Crippen LogP contribution in [0.4, 0.5) is 0 Å². The molecule has 0 saturated carbocycles. The van der Waals surface area contributed by atoms with Crippen molar-refractivity contribution in [3.8, 4) is 17.2 Å². The molecule has 0 heterocycles. The van der Waals surface area contributed by atoms with E-state index in [1.54, 1.807) is 30.3 Å². The number of halogens is 2. The maximum atomic E-state index is 10.6. The van der Waals surface area contributed by atoms with Gasteiger partial charge in [-0.25, -0.2) is 0 Å². The summed E-state index contributed by atoms with van der Waals surface area (Å²) < 4.78 is 16.5. The van der Waals surface area contributed by atoms with Crippen LogP contribution in [0.3, 0.4) is 0 Å². The summed E-state index contributed by atoms with van der Waals surface area (Å²) in [6, 6.07) is 10.3. The van der Waals surface area contributed by atoms with Crippen molar-refractivity contribution in [3.05, 3.63) is 52.0 Å². The van der Waals surface area contributed by atoms with Crippen LogP contribution in [0.25, 0.3) is 0 Å². The van der Waals surface area contributed by atoms with Crippen molar-refractivity contribution in [3.63, 3.8) is 0 Å². The average Bonchev–Trinajstić information content (AvgIpc) is 2.58. The summed E-state index contributed by atoms with van der Waals surface area (Å²) in [6.45, 7) is 0.592. The maximum Gasteiger partial charge on any atom is 0.303 e. The fourth-order valence-electron chi connectivity index (χ4n) is 2.13. The lowest BCUT2D eigenvalue weighted by molar-refractivity contribution is -0.136. The smallest absolute Gasteiger partial charge is 0.303 e. The molecule has 0 aliphatic rings. The van der Waals surface area contributed by atoms with E-state index in [4.69, 9.17) is 42.5 Å². The Balaban J connectivity index is 1.88. The molecule has 5 nitrogen and oxygen atoms in total. The molecule has 25 heavy (non-hydrogen) atoms. The number of aliphatic carboxylic acids is 1. The number of carboxylic acids is 1. The van der Waals surface area contributed by atoms with Gasteiger partial charge in [-0.2, -0.15) is 0 Å². The Labute approximate surface area is 156 Å². The maximum absolute atomic E-state index is 10.6. The van der Waals surface area contributed by atoms with E-state index in [9.17, 15) is 4.79 Å². The number of ether oxygens (including phenoxy) is 3. The van der Waals surface area contributed by atoms with Crippen molar-refractivity contribution in [1.82, 2.24) is 0 Å². The number of hydrogen-bond donors (Lipinski definition) is 1. The molecule has 134 valence electrons. The third-order valence-corrected chi connectivity index (χ3v) is 3.88. The quantitative estimate of drug-likeness (QED) is 0.645. The highest BCUT2D eigenvalue weighted by molar-refractivity contribution is 6.35. The second kappa shape index (κ2) is 9.39. The van der Waals surface area contributed by atoms with Crippen LogP contribution in [-0.4, -0.2) is 31.4 Å². The zero-order valence-corrected chi connectivity index (χ0v) is 15.1. The van der Waals surface area contributed by atoms with Crippen molar-refractivity contribution in [2.24, 2.45) is 0 Å². The van der Waals surface area contributed by atoms with Gasteiger partial charge in [0.2, 0.25) is 0 Å². The lowest BCUT2D eigenvalue weighted by Crippen LogP contribution is -2.10. The Kier molecular flexibility index (Phi) is 7.22. The van der Waals surface area contributed by atoms with Crippen LogP contribution in [0.2, 0.25) is 10.0 Å². The summed E-state index contributed by atoms with van der Waals surface area (Å²) in [5.74, 6) is 0.808. The molecule has 0 aliphatic heterocycles. The normalized spacial score (nSPS) is 10.4. The van der Waals surface area contributed by atoms with Crippen LogP contribution in [0.5, 0.6) is 17.2 Å². The molecule has 0 radical (unpaired) electrons. The van der Waals surface area contributed by atoms with Gasteiger partial charge in [-0.3, -0.25) is 4.79 Å². The number of carbonyl (C=O) groups is 1. The van der Waals surface area contributed by atoms with Gasteiger partial charge in [-0.05, 0) is 42.3 Å². The van der Waals surface area contributed by atoms with Crippen LogP contribution in [0, 0.1) is 0 Å². The zero-order valence-electron chi connectivity index (χ0n) is 13.6. The van der Waals surface area contributed by atoms with Crippen molar-refractivity contribution in [2.45, 2.75) is 12.8 Å². The van der Waals surface area contributed by atoms with Crippen molar-refractivity contribution in [1.29, 1.82) is 0 Å². The van der Waals surface area contributed by atoms with E-state index in [0.717, 1.165) is 5.56 Å².